The lowest BCUT2D eigenvalue weighted by molar-refractivity contribution is 0.0628. The van der Waals surface area contributed by atoms with Crippen LogP contribution in [0.3, 0.4) is 0 Å². The lowest BCUT2D eigenvalue weighted by Gasteiger charge is -2.34. The molecule has 1 N–H and O–H groups in total. The van der Waals surface area contributed by atoms with E-state index in [-0.39, 0.29) is 16.8 Å². The lowest BCUT2D eigenvalue weighted by atomic mass is 10.2. The van der Waals surface area contributed by atoms with Gasteiger partial charge < -0.3 is 4.90 Å². The number of benzene rings is 2. The van der Waals surface area contributed by atoms with Crippen LogP contribution in [-0.4, -0.2) is 61.3 Å². The molecule has 1 aliphatic heterocycles. The highest BCUT2D eigenvalue weighted by Gasteiger charge is 2.29. The predicted molar refractivity (Wildman–Crippen MR) is 121 cm³/mol. The Labute approximate surface area is 185 Å². The molecule has 1 saturated carbocycles. The fourth-order valence-electron chi connectivity index (χ4n) is 3.76. The third kappa shape index (κ3) is 4.64. The summed E-state index contributed by atoms with van der Waals surface area (Å²) >= 11 is 1.71. The molecular weight excluding hydrogens is 432 g/mol. The molecule has 2 fully saturated rings. The maximum absolute atomic E-state index is 13.0. The highest BCUT2D eigenvalue weighted by Crippen LogP contribution is 2.24. The maximum atomic E-state index is 13.0. The van der Waals surface area contributed by atoms with Gasteiger partial charge in [0.2, 0.25) is 10.0 Å². The summed E-state index contributed by atoms with van der Waals surface area (Å²) in [6, 6.07) is 14.5. The van der Waals surface area contributed by atoms with E-state index in [1.807, 2.05) is 18.2 Å². The van der Waals surface area contributed by atoms with Gasteiger partial charge in [-0.1, -0.05) is 18.2 Å². The first-order valence-corrected chi connectivity index (χ1v) is 12.8. The van der Waals surface area contributed by atoms with Crippen LogP contribution >= 0.6 is 11.3 Å². The second-order valence-corrected chi connectivity index (χ2v) is 10.9. The SMILES string of the molecule is O=C(c1cccc(S(=O)(=O)NC2CC2)c1)N1CCN(Cc2nc3ccccc3s2)CC1. The summed E-state index contributed by atoms with van der Waals surface area (Å²) in [5, 5.41) is 1.09. The van der Waals surface area contributed by atoms with Crippen LogP contribution in [0.4, 0.5) is 0 Å². The van der Waals surface area contributed by atoms with Crippen LogP contribution < -0.4 is 4.72 Å². The van der Waals surface area contributed by atoms with E-state index >= 15 is 0 Å². The minimum absolute atomic E-state index is 0.0351. The number of nitrogens with one attached hydrogen (secondary N) is 1. The number of hydrogen-bond acceptors (Lipinski definition) is 6. The Morgan fingerprint density at radius 1 is 1.06 bits per heavy atom. The van der Waals surface area contributed by atoms with Crippen molar-refractivity contribution in [2.24, 2.45) is 0 Å². The maximum Gasteiger partial charge on any atom is 0.253 e. The summed E-state index contributed by atoms with van der Waals surface area (Å²) in [6.45, 7) is 3.54. The van der Waals surface area contributed by atoms with E-state index in [0.29, 0.717) is 18.7 Å². The summed E-state index contributed by atoms with van der Waals surface area (Å²) in [6.07, 6.45) is 1.75. The van der Waals surface area contributed by atoms with Gasteiger partial charge in [0.1, 0.15) is 5.01 Å². The number of rotatable bonds is 6. The van der Waals surface area contributed by atoms with Crippen molar-refractivity contribution in [1.29, 1.82) is 0 Å². The monoisotopic (exact) mass is 456 g/mol. The Morgan fingerprint density at radius 3 is 2.58 bits per heavy atom. The molecule has 0 radical (unpaired) electrons. The van der Waals surface area contributed by atoms with Gasteiger partial charge in [0.05, 0.1) is 21.7 Å². The number of para-hydroxylation sites is 1. The number of aromatic nitrogens is 1. The number of piperazine rings is 1. The lowest BCUT2D eigenvalue weighted by Crippen LogP contribution is -2.48. The van der Waals surface area contributed by atoms with Gasteiger partial charge in [0.25, 0.3) is 5.91 Å². The molecule has 0 bridgehead atoms. The minimum atomic E-state index is -3.57. The van der Waals surface area contributed by atoms with Crippen LogP contribution in [0, 0.1) is 0 Å². The summed E-state index contributed by atoms with van der Waals surface area (Å²) in [7, 11) is -3.57. The Kier molecular flexibility index (Phi) is 5.51. The molecule has 31 heavy (non-hydrogen) atoms. The Bertz CT molecular complexity index is 1180. The number of nitrogens with zero attached hydrogens (tertiary/aromatic N) is 3. The molecular formula is C22H24N4O3S2. The Balaban J connectivity index is 1.21. The predicted octanol–water partition coefficient (Wildman–Crippen LogP) is 2.70. The topological polar surface area (TPSA) is 82.6 Å². The van der Waals surface area contributed by atoms with Crippen LogP contribution in [0.15, 0.2) is 53.4 Å². The summed E-state index contributed by atoms with van der Waals surface area (Å²) in [5.74, 6) is -0.122. The molecule has 5 rings (SSSR count). The largest absolute Gasteiger partial charge is 0.336 e. The first-order valence-electron chi connectivity index (χ1n) is 10.5. The molecule has 0 unspecified atom stereocenters. The first-order chi connectivity index (χ1) is 15.0. The van der Waals surface area contributed by atoms with Crippen molar-refractivity contribution >= 4 is 37.5 Å². The van der Waals surface area contributed by atoms with Crippen LogP contribution in [0.1, 0.15) is 28.2 Å². The van der Waals surface area contributed by atoms with Crippen molar-refractivity contribution in [2.75, 3.05) is 26.2 Å². The average molecular weight is 457 g/mol. The van der Waals surface area contributed by atoms with Crippen molar-refractivity contribution in [3.05, 3.63) is 59.1 Å². The smallest absolute Gasteiger partial charge is 0.253 e. The number of sulfonamides is 1. The highest BCUT2D eigenvalue weighted by molar-refractivity contribution is 7.89. The Hall–Kier alpha value is -2.33. The number of carbonyl (C=O) groups is 1. The van der Waals surface area contributed by atoms with Crippen LogP contribution in [0.5, 0.6) is 0 Å². The molecule has 1 aromatic heterocycles. The molecule has 1 aliphatic carbocycles. The number of thiazole rings is 1. The van der Waals surface area contributed by atoms with Crippen molar-refractivity contribution < 1.29 is 13.2 Å². The number of fused-ring (bicyclic) bond motifs is 1. The third-order valence-corrected chi connectivity index (χ3v) is 8.19. The fourth-order valence-corrected chi connectivity index (χ4v) is 6.12. The van der Waals surface area contributed by atoms with Gasteiger partial charge in [-0.15, -0.1) is 11.3 Å². The normalized spacial score (nSPS) is 17.9. The van der Waals surface area contributed by atoms with Crippen LogP contribution in [0.2, 0.25) is 0 Å². The van der Waals surface area contributed by atoms with Crippen molar-refractivity contribution in [3.8, 4) is 0 Å². The molecule has 0 spiro atoms. The molecule has 0 atom stereocenters. The molecule has 2 aliphatic rings. The summed E-state index contributed by atoms with van der Waals surface area (Å²) < 4.78 is 28.8. The minimum Gasteiger partial charge on any atom is -0.336 e. The zero-order valence-electron chi connectivity index (χ0n) is 17.0. The molecule has 1 saturated heterocycles. The summed E-state index contributed by atoms with van der Waals surface area (Å²) in [4.78, 5) is 21.9. The van der Waals surface area contributed by atoms with Gasteiger partial charge in [-0.25, -0.2) is 18.1 Å². The van der Waals surface area contributed by atoms with Gasteiger partial charge in [-0.3, -0.25) is 9.69 Å². The standard InChI is InChI=1S/C22H24N4O3S2/c27-22(16-4-3-5-18(14-16)31(28,29)24-17-8-9-17)26-12-10-25(11-13-26)15-21-23-19-6-1-2-7-20(19)30-21/h1-7,14,17,24H,8-13,15H2. The fraction of sp³-hybridized carbons (Fsp3) is 0.364. The highest BCUT2D eigenvalue weighted by atomic mass is 32.2. The van der Waals surface area contributed by atoms with Gasteiger partial charge in [-0.05, 0) is 43.2 Å². The van der Waals surface area contributed by atoms with Crippen molar-refractivity contribution in [1.82, 2.24) is 19.5 Å². The third-order valence-electron chi connectivity index (χ3n) is 5.65. The van der Waals surface area contributed by atoms with E-state index in [0.717, 1.165) is 43.0 Å². The number of amides is 1. The number of carbonyl (C=O) groups excluding carboxylic acids is 1. The zero-order chi connectivity index (χ0) is 21.4. The number of hydrogen-bond donors (Lipinski definition) is 1. The second kappa shape index (κ2) is 8.31. The molecule has 2 heterocycles. The molecule has 9 heteroatoms. The van der Waals surface area contributed by atoms with E-state index in [1.54, 1.807) is 28.4 Å². The van der Waals surface area contributed by atoms with Crippen LogP contribution in [-0.2, 0) is 16.6 Å². The zero-order valence-corrected chi connectivity index (χ0v) is 18.7. The van der Waals surface area contributed by atoms with E-state index in [1.165, 1.54) is 16.8 Å². The average Bonchev–Trinajstić information content (AvgIpc) is 3.49. The van der Waals surface area contributed by atoms with Gasteiger partial charge in [-0.2, -0.15) is 0 Å². The van der Waals surface area contributed by atoms with E-state index < -0.39 is 10.0 Å². The van der Waals surface area contributed by atoms with E-state index in [4.69, 9.17) is 4.98 Å². The summed E-state index contributed by atoms with van der Waals surface area (Å²) in [5.41, 5.74) is 1.45. The molecule has 1 amide bonds. The van der Waals surface area contributed by atoms with Gasteiger partial charge in [0, 0.05) is 37.8 Å². The van der Waals surface area contributed by atoms with Gasteiger partial charge in [0.15, 0.2) is 0 Å². The van der Waals surface area contributed by atoms with E-state index in [2.05, 4.69) is 15.7 Å². The van der Waals surface area contributed by atoms with Crippen molar-refractivity contribution in [3.63, 3.8) is 0 Å². The Morgan fingerprint density at radius 2 is 1.84 bits per heavy atom. The molecule has 7 nitrogen and oxygen atoms in total. The van der Waals surface area contributed by atoms with Crippen LogP contribution in [0.25, 0.3) is 10.2 Å². The molecule has 2 aromatic carbocycles. The quantitative estimate of drug-likeness (QED) is 0.617. The molecule has 162 valence electrons. The van der Waals surface area contributed by atoms with Gasteiger partial charge >= 0.3 is 0 Å². The molecule has 3 aromatic rings. The van der Waals surface area contributed by atoms with E-state index in [9.17, 15) is 13.2 Å². The van der Waals surface area contributed by atoms with Crippen molar-refractivity contribution in [2.45, 2.75) is 30.3 Å². The second-order valence-electron chi connectivity index (χ2n) is 8.07. The first kappa shape index (κ1) is 20.6.